The largest absolute Gasteiger partial charge is 0.378 e. The Morgan fingerprint density at radius 2 is 1.94 bits per heavy atom. The van der Waals surface area contributed by atoms with E-state index < -0.39 is 0 Å². The van der Waals surface area contributed by atoms with Gasteiger partial charge in [0.25, 0.3) is 0 Å². The molecule has 2 aliphatic heterocycles. The molecule has 4 heteroatoms. The number of hydrogen-bond donors (Lipinski definition) is 1. The molecule has 0 bridgehead atoms. The lowest BCUT2D eigenvalue weighted by atomic mass is 10.0. The Balaban J connectivity index is 1.64. The number of piperidine rings is 1. The van der Waals surface area contributed by atoms with Gasteiger partial charge in [-0.15, -0.1) is 0 Å². The zero-order valence-electron chi connectivity index (χ0n) is 11.1. The van der Waals surface area contributed by atoms with Crippen LogP contribution in [0.4, 0.5) is 0 Å². The Labute approximate surface area is 105 Å². The zero-order chi connectivity index (χ0) is 12.1. The minimum Gasteiger partial charge on any atom is -0.378 e. The minimum absolute atomic E-state index is 0.483. The maximum Gasteiger partial charge on any atom is 0.0599 e. The molecule has 0 aliphatic carbocycles. The van der Waals surface area contributed by atoms with Crippen LogP contribution in [0.25, 0.3) is 0 Å². The van der Waals surface area contributed by atoms with Crippen molar-refractivity contribution in [2.24, 2.45) is 5.73 Å². The van der Waals surface area contributed by atoms with Crippen LogP contribution in [0.5, 0.6) is 0 Å². The maximum atomic E-state index is 5.84. The molecule has 17 heavy (non-hydrogen) atoms. The van der Waals surface area contributed by atoms with Crippen LogP contribution in [0.3, 0.4) is 0 Å². The summed E-state index contributed by atoms with van der Waals surface area (Å²) in [5, 5.41) is 0. The van der Waals surface area contributed by atoms with Gasteiger partial charge in [0.2, 0.25) is 0 Å². The van der Waals surface area contributed by atoms with Gasteiger partial charge < -0.3 is 15.4 Å². The van der Waals surface area contributed by atoms with Gasteiger partial charge in [-0.05, 0) is 45.8 Å². The third kappa shape index (κ3) is 3.91. The summed E-state index contributed by atoms with van der Waals surface area (Å²) in [4.78, 5) is 5.10. The van der Waals surface area contributed by atoms with E-state index in [9.17, 15) is 0 Å². The summed E-state index contributed by atoms with van der Waals surface area (Å²) in [6.45, 7) is 6.52. The van der Waals surface area contributed by atoms with E-state index in [1.54, 1.807) is 0 Å². The molecule has 4 nitrogen and oxygen atoms in total. The molecule has 0 radical (unpaired) electrons. The van der Waals surface area contributed by atoms with Crippen molar-refractivity contribution in [3.05, 3.63) is 0 Å². The minimum atomic E-state index is 0.483. The normalized spacial score (nSPS) is 28.9. The molecule has 0 saturated carbocycles. The van der Waals surface area contributed by atoms with E-state index >= 15 is 0 Å². The number of nitrogens with two attached hydrogens (primary N) is 1. The van der Waals surface area contributed by atoms with Crippen LogP contribution in [0, 0.1) is 0 Å². The lowest BCUT2D eigenvalue weighted by Gasteiger charge is -2.35. The molecular formula is C13H27N3O. The van der Waals surface area contributed by atoms with E-state index in [4.69, 9.17) is 10.5 Å². The Bertz CT molecular complexity index is 217. The number of ether oxygens (including phenoxy) is 1. The van der Waals surface area contributed by atoms with Crippen molar-refractivity contribution in [2.75, 3.05) is 46.4 Å². The van der Waals surface area contributed by atoms with E-state index in [1.807, 2.05) is 0 Å². The average molecular weight is 241 g/mol. The summed E-state index contributed by atoms with van der Waals surface area (Å²) in [7, 11) is 2.22. The van der Waals surface area contributed by atoms with Crippen LogP contribution in [0.15, 0.2) is 0 Å². The van der Waals surface area contributed by atoms with Crippen molar-refractivity contribution in [3.8, 4) is 0 Å². The van der Waals surface area contributed by atoms with Crippen molar-refractivity contribution in [1.82, 2.24) is 9.80 Å². The molecule has 0 spiro atoms. The van der Waals surface area contributed by atoms with Gasteiger partial charge in [-0.25, -0.2) is 0 Å². The highest BCUT2D eigenvalue weighted by atomic mass is 16.5. The lowest BCUT2D eigenvalue weighted by Crippen LogP contribution is -2.44. The highest BCUT2D eigenvalue weighted by Gasteiger charge is 2.29. The second kappa shape index (κ2) is 6.69. The summed E-state index contributed by atoms with van der Waals surface area (Å²) >= 11 is 0. The molecule has 1 atom stereocenters. The molecule has 2 N–H and O–H groups in total. The fourth-order valence-corrected chi connectivity index (χ4v) is 2.95. The van der Waals surface area contributed by atoms with Crippen LogP contribution in [-0.2, 0) is 4.74 Å². The standard InChI is InChI=1S/C13H27N3O/c1-15-7-3-12(11-15)16-8-4-13(5-9-16)17-10-2-6-14/h12-13H,2-11,14H2,1H3. The highest BCUT2D eigenvalue weighted by Crippen LogP contribution is 2.20. The summed E-state index contributed by atoms with van der Waals surface area (Å²) in [6, 6.07) is 0.796. The quantitative estimate of drug-likeness (QED) is 0.713. The van der Waals surface area contributed by atoms with Crippen molar-refractivity contribution in [3.63, 3.8) is 0 Å². The third-order valence-corrected chi connectivity index (χ3v) is 4.06. The van der Waals surface area contributed by atoms with Crippen molar-refractivity contribution in [2.45, 2.75) is 37.8 Å². The molecule has 2 fully saturated rings. The summed E-state index contributed by atoms with van der Waals surface area (Å²) in [5.41, 5.74) is 5.47. The first-order valence-electron chi connectivity index (χ1n) is 7.04. The predicted octanol–water partition coefficient (Wildman–Crippen LogP) is 0.520. The van der Waals surface area contributed by atoms with Crippen LogP contribution in [-0.4, -0.2) is 68.3 Å². The fraction of sp³-hybridized carbons (Fsp3) is 1.00. The lowest BCUT2D eigenvalue weighted by molar-refractivity contribution is -0.00105. The SMILES string of the molecule is CN1CCC(N2CCC(OCCCN)CC2)C1. The molecular weight excluding hydrogens is 214 g/mol. The molecule has 0 aromatic heterocycles. The van der Waals surface area contributed by atoms with Gasteiger partial charge in [-0.1, -0.05) is 0 Å². The van der Waals surface area contributed by atoms with Gasteiger partial charge in [0.05, 0.1) is 6.10 Å². The Morgan fingerprint density at radius 1 is 1.18 bits per heavy atom. The fourth-order valence-electron chi connectivity index (χ4n) is 2.95. The third-order valence-electron chi connectivity index (χ3n) is 4.06. The average Bonchev–Trinajstić information content (AvgIpc) is 2.77. The van der Waals surface area contributed by atoms with Crippen molar-refractivity contribution < 1.29 is 4.74 Å². The number of nitrogens with zero attached hydrogens (tertiary/aromatic N) is 2. The molecule has 0 aromatic rings. The molecule has 0 aromatic carbocycles. The molecule has 1 unspecified atom stereocenters. The van der Waals surface area contributed by atoms with E-state index in [1.165, 1.54) is 45.4 Å². The molecule has 2 rings (SSSR count). The Hall–Kier alpha value is -0.160. The summed E-state index contributed by atoms with van der Waals surface area (Å²) < 4.78 is 5.84. The van der Waals surface area contributed by atoms with Crippen LogP contribution in [0.1, 0.15) is 25.7 Å². The second-order valence-corrected chi connectivity index (χ2v) is 5.45. The first kappa shape index (κ1) is 13.3. The molecule has 100 valence electrons. The van der Waals surface area contributed by atoms with Gasteiger partial charge in [-0.3, -0.25) is 4.90 Å². The number of hydrogen-bond acceptors (Lipinski definition) is 4. The second-order valence-electron chi connectivity index (χ2n) is 5.45. The highest BCUT2D eigenvalue weighted by molar-refractivity contribution is 4.85. The topological polar surface area (TPSA) is 41.7 Å². The van der Waals surface area contributed by atoms with Crippen molar-refractivity contribution in [1.29, 1.82) is 0 Å². The van der Waals surface area contributed by atoms with Crippen LogP contribution >= 0.6 is 0 Å². The number of likely N-dealkylation sites (tertiary alicyclic amines) is 2. The first-order chi connectivity index (χ1) is 8.29. The molecule has 2 saturated heterocycles. The van der Waals surface area contributed by atoms with Gasteiger partial charge >= 0.3 is 0 Å². The molecule has 0 amide bonds. The zero-order valence-corrected chi connectivity index (χ0v) is 11.1. The summed E-state index contributed by atoms with van der Waals surface area (Å²) in [6.07, 6.45) is 5.22. The summed E-state index contributed by atoms with van der Waals surface area (Å²) in [5.74, 6) is 0. The number of likely N-dealkylation sites (N-methyl/N-ethyl adjacent to an activating group) is 1. The number of rotatable bonds is 5. The van der Waals surface area contributed by atoms with Gasteiger partial charge in [0.15, 0.2) is 0 Å². The monoisotopic (exact) mass is 241 g/mol. The van der Waals surface area contributed by atoms with Gasteiger partial charge in [0.1, 0.15) is 0 Å². The van der Waals surface area contributed by atoms with Crippen molar-refractivity contribution >= 4 is 0 Å². The molecule has 2 heterocycles. The van der Waals surface area contributed by atoms with E-state index in [0.29, 0.717) is 6.10 Å². The predicted molar refractivity (Wildman–Crippen MR) is 70.1 cm³/mol. The van der Waals surface area contributed by atoms with Gasteiger partial charge in [-0.2, -0.15) is 0 Å². The molecule has 2 aliphatic rings. The Morgan fingerprint density at radius 3 is 2.53 bits per heavy atom. The Kier molecular flexibility index (Phi) is 5.22. The van der Waals surface area contributed by atoms with E-state index in [2.05, 4.69) is 16.8 Å². The van der Waals surface area contributed by atoms with E-state index in [-0.39, 0.29) is 0 Å². The van der Waals surface area contributed by atoms with Crippen LogP contribution in [0.2, 0.25) is 0 Å². The van der Waals surface area contributed by atoms with E-state index in [0.717, 1.165) is 25.6 Å². The van der Waals surface area contributed by atoms with Gasteiger partial charge in [0, 0.05) is 32.3 Å². The maximum absolute atomic E-state index is 5.84. The van der Waals surface area contributed by atoms with Crippen LogP contribution < -0.4 is 5.73 Å². The smallest absolute Gasteiger partial charge is 0.0599 e. The first-order valence-corrected chi connectivity index (χ1v) is 7.04.